The first-order chi connectivity index (χ1) is 11.6. The van der Waals surface area contributed by atoms with Crippen molar-refractivity contribution in [1.82, 2.24) is 10.3 Å². The molecule has 1 saturated heterocycles. The summed E-state index contributed by atoms with van der Waals surface area (Å²) in [5.74, 6) is -3.07. The number of hydrogen-bond acceptors (Lipinski definition) is 6. The fourth-order valence-electron chi connectivity index (χ4n) is 1.90. The molecule has 1 fully saturated rings. The monoisotopic (exact) mass is 363 g/mol. The van der Waals surface area contributed by atoms with Gasteiger partial charge in [0.15, 0.2) is 12.4 Å². The van der Waals surface area contributed by atoms with Crippen LogP contribution >= 0.6 is 0 Å². The first kappa shape index (κ1) is 20.4. The van der Waals surface area contributed by atoms with Crippen LogP contribution in [-0.2, 0) is 9.59 Å². The highest BCUT2D eigenvalue weighted by atomic mass is 19.4. The zero-order chi connectivity index (χ0) is 19.0. The van der Waals surface area contributed by atoms with Crippen LogP contribution in [0.15, 0.2) is 18.3 Å². The van der Waals surface area contributed by atoms with Crippen LogP contribution in [0.3, 0.4) is 0 Å². The Balaban J connectivity index is 0.000000381. The number of Topliss-reactive ketones (excluding diaryl/α,β-unsaturated/α-hetero) is 1. The molecule has 2 heterocycles. The van der Waals surface area contributed by atoms with Crippen LogP contribution in [0, 0.1) is 0 Å². The molecule has 1 aromatic heterocycles. The van der Waals surface area contributed by atoms with E-state index in [4.69, 9.17) is 20.4 Å². The summed E-state index contributed by atoms with van der Waals surface area (Å²) in [6.07, 6.45) is -1.75. The zero-order valence-electron chi connectivity index (χ0n) is 12.9. The molecule has 0 saturated carbocycles. The van der Waals surface area contributed by atoms with E-state index < -0.39 is 18.1 Å². The van der Waals surface area contributed by atoms with E-state index >= 15 is 0 Å². The summed E-state index contributed by atoms with van der Waals surface area (Å²) in [6.45, 7) is 0.624. The van der Waals surface area contributed by atoms with Gasteiger partial charge >= 0.3 is 12.1 Å². The molecule has 8 nitrogen and oxygen atoms in total. The standard InChI is InChI=1S/C12H15N3O3.C2HF3O2/c13-10(16)7-18-11-6-8(3-5-15-11)12(17)9-2-1-4-14-9;3-2(4,5)1(6)7/h3,5-6,9,14H,1-2,4,7H2,(H2,13,16);(H,6,7)/t9-;/m0./s1. The van der Waals surface area contributed by atoms with Crippen molar-refractivity contribution in [3.63, 3.8) is 0 Å². The number of alkyl halides is 3. The first-order valence-corrected chi connectivity index (χ1v) is 7.06. The van der Waals surface area contributed by atoms with Crippen LogP contribution in [0.5, 0.6) is 5.88 Å². The van der Waals surface area contributed by atoms with Crippen molar-refractivity contribution in [2.24, 2.45) is 5.73 Å². The minimum atomic E-state index is -5.08. The summed E-state index contributed by atoms with van der Waals surface area (Å²) in [5, 5.41) is 10.3. The number of primary amides is 1. The second-order valence-corrected chi connectivity index (χ2v) is 4.95. The molecule has 11 heteroatoms. The number of rotatable bonds is 5. The number of nitrogens with zero attached hydrogens (tertiary/aromatic N) is 1. The van der Waals surface area contributed by atoms with Gasteiger partial charge < -0.3 is 20.9 Å². The molecule has 1 aromatic rings. The lowest BCUT2D eigenvalue weighted by atomic mass is 10.0. The molecular formula is C14H16F3N3O5. The van der Waals surface area contributed by atoms with Crippen LogP contribution in [0.1, 0.15) is 23.2 Å². The number of aromatic nitrogens is 1. The van der Waals surface area contributed by atoms with Crippen molar-refractivity contribution >= 4 is 17.7 Å². The number of ether oxygens (including phenoxy) is 1. The maximum Gasteiger partial charge on any atom is 0.490 e. The number of carbonyl (C=O) groups excluding carboxylic acids is 2. The molecule has 0 spiro atoms. The van der Waals surface area contributed by atoms with E-state index in [1.165, 1.54) is 12.3 Å². The van der Waals surface area contributed by atoms with Gasteiger partial charge in [-0.3, -0.25) is 9.59 Å². The fraction of sp³-hybridized carbons (Fsp3) is 0.429. The van der Waals surface area contributed by atoms with Gasteiger partial charge in [-0.25, -0.2) is 9.78 Å². The fourth-order valence-corrected chi connectivity index (χ4v) is 1.90. The van der Waals surface area contributed by atoms with Gasteiger partial charge in [-0.2, -0.15) is 13.2 Å². The lowest BCUT2D eigenvalue weighted by Crippen LogP contribution is -2.30. The van der Waals surface area contributed by atoms with Crippen LogP contribution in [0.4, 0.5) is 13.2 Å². The third kappa shape index (κ3) is 7.16. The number of nitrogens with one attached hydrogen (secondary N) is 1. The largest absolute Gasteiger partial charge is 0.490 e. The van der Waals surface area contributed by atoms with Gasteiger partial charge in [-0.15, -0.1) is 0 Å². The molecule has 1 aliphatic heterocycles. The van der Waals surface area contributed by atoms with E-state index in [1.54, 1.807) is 6.07 Å². The van der Waals surface area contributed by atoms with Gasteiger partial charge in [0.1, 0.15) is 0 Å². The van der Waals surface area contributed by atoms with Gasteiger partial charge in [-0.1, -0.05) is 0 Å². The van der Waals surface area contributed by atoms with Gasteiger partial charge in [0.25, 0.3) is 5.91 Å². The summed E-state index contributed by atoms with van der Waals surface area (Å²) in [5.41, 5.74) is 5.50. The normalized spacial score (nSPS) is 16.5. The summed E-state index contributed by atoms with van der Waals surface area (Å²) in [7, 11) is 0. The molecule has 138 valence electrons. The maximum absolute atomic E-state index is 12.1. The van der Waals surface area contributed by atoms with E-state index in [2.05, 4.69) is 10.3 Å². The quantitative estimate of drug-likeness (QED) is 0.650. The number of halogens is 3. The van der Waals surface area contributed by atoms with Crippen molar-refractivity contribution in [1.29, 1.82) is 0 Å². The third-order valence-corrected chi connectivity index (χ3v) is 3.00. The lowest BCUT2D eigenvalue weighted by molar-refractivity contribution is -0.192. The van der Waals surface area contributed by atoms with Crippen LogP contribution in [0.2, 0.25) is 0 Å². The molecule has 1 aliphatic rings. The molecule has 25 heavy (non-hydrogen) atoms. The Labute approximate surface area is 140 Å². The molecule has 2 rings (SSSR count). The van der Waals surface area contributed by atoms with E-state index in [-0.39, 0.29) is 24.3 Å². The van der Waals surface area contributed by atoms with E-state index in [9.17, 15) is 22.8 Å². The smallest absolute Gasteiger partial charge is 0.475 e. The Morgan fingerprint density at radius 1 is 1.40 bits per heavy atom. The van der Waals surface area contributed by atoms with E-state index in [0.717, 1.165) is 19.4 Å². The number of hydrogen-bond donors (Lipinski definition) is 3. The first-order valence-electron chi connectivity index (χ1n) is 7.06. The Hall–Kier alpha value is -2.69. The lowest BCUT2D eigenvalue weighted by Gasteiger charge is -2.09. The number of carbonyl (C=O) groups is 3. The second kappa shape index (κ2) is 8.97. The van der Waals surface area contributed by atoms with E-state index in [1.807, 2.05) is 0 Å². The molecule has 0 aliphatic carbocycles. The number of ketones is 1. The number of amides is 1. The van der Waals surface area contributed by atoms with Crippen LogP contribution in [0.25, 0.3) is 0 Å². The van der Waals surface area contributed by atoms with Gasteiger partial charge in [0.05, 0.1) is 6.04 Å². The van der Waals surface area contributed by atoms with Crippen molar-refractivity contribution in [2.45, 2.75) is 25.1 Å². The average Bonchev–Trinajstić information content (AvgIpc) is 3.06. The molecule has 0 unspecified atom stereocenters. The number of pyridine rings is 1. The van der Waals surface area contributed by atoms with Crippen LogP contribution < -0.4 is 15.8 Å². The highest BCUT2D eigenvalue weighted by molar-refractivity contribution is 6.00. The average molecular weight is 363 g/mol. The number of aliphatic carboxylic acids is 1. The molecular weight excluding hydrogens is 347 g/mol. The maximum atomic E-state index is 12.1. The number of carboxylic acids is 1. The molecule has 4 N–H and O–H groups in total. The Bertz CT molecular complexity index is 630. The predicted molar refractivity (Wildman–Crippen MR) is 78.0 cm³/mol. The van der Waals surface area contributed by atoms with Crippen molar-refractivity contribution < 1.29 is 37.4 Å². The zero-order valence-corrected chi connectivity index (χ0v) is 12.9. The summed E-state index contributed by atoms with van der Waals surface area (Å²) < 4.78 is 36.8. The Kier molecular flexibility index (Phi) is 7.30. The third-order valence-electron chi connectivity index (χ3n) is 3.00. The van der Waals surface area contributed by atoms with Crippen molar-refractivity contribution in [3.8, 4) is 5.88 Å². The topological polar surface area (TPSA) is 132 Å². The SMILES string of the molecule is NC(=O)COc1cc(C(=O)[C@@H]2CCCN2)ccn1.O=C(O)C(F)(F)F. The highest BCUT2D eigenvalue weighted by Crippen LogP contribution is 2.15. The summed E-state index contributed by atoms with van der Waals surface area (Å²) in [6, 6.07) is 3.04. The van der Waals surface area contributed by atoms with Gasteiger partial charge in [0, 0.05) is 17.8 Å². The molecule has 0 aromatic carbocycles. The molecule has 1 amide bonds. The molecule has 0 radical (unpaired) electrons. The van der Waals surface area contributed by atoms with Gasteiger partial charge in [0.2, 0.25) is 5.88 Å². The second-order valence-electron chi connectivity index (χ2n) is 4.95. The van der Waals surface area contributed by atoms with E-state index in [0.29, 0.717) is 5.56 Å². The summed E-state index contributed by atoms with van der Waals surface area (Å²) in [4.78, 5) is 35.5. The van der Waals surface area contributed by atoms with Gasteiger partial charge in [-0.05, 0) is 25.5 Å². The Morgan fingerprint density at radius 2 is 2.04 bits per heavy atom. The minimum Gasteiger partial charge on any atom is -0.475 e. The predicted octanol–water partition coefficient (Wildman–Crippen LogP) is 0.514. The molecule has 0 bridgehead atoms. The molecule has 1 atom stereocenters. The Morgan fingerprint density at radius 3 is 2.52 bits per heavy atom. The summed E-state index contributed by atoms with van der Waals surface area (Å²) >= 11 is 0. The van der Waals surface area contributed by atoms with Crippen molar-refractivity contribution in [3.05, 3.63) is 23.9 Å². The number of nitrogens with two attached hydrogens (primary N) is 1. The number of carboxylic acid groups (broad SMARTS) is 1. The minimum absolute atomic E-state index is 0.0267. The highest BCUT2D eigenvalue weighted by Gasteiger charge is 2.38. The van der Waals surface area contributed by atoms with Crippen molar-refractivity contribution in [2.75, 3.05) is 13.2 Å². The van der Waals surface area contributed by atoms with Crippen LogP contribution in [-0.4, -0.2) is 53.1 Å².